The van der Waals surface area contributed by atoms with Crippen LogP contribution in [0.4, 0.5) is 23.0 Å². The van der Waals surface area contributed by atoms with E-state index in [4.69, 9.17) is 11.6 Å². The van der Waals surface area contributed by atoms with Crippen LogP contribution in [-0.2, 0) is 16.6 Å². The zero-order chi connectivity index (χ0) is 28.3. The first-order valence-electron chi connectivity index (χ1n) is 12.8. The van der Waals surface area contributed by atoms with Crippen molar-refractivity contribution in [2.24, 2.45) is 0 Å². The van der Waals surface area contributed by atoms with Gasteiger partial charge in [-0.05, 0) is 55.9 Å². The smallest absolute Gasteiger partial charge is 0.236 e. The van der Waals surface area contributed by atoms with Gasteiger partial charge in [0.05, 0.1) is 40.9 Å². The maximum absolute atomic E-state index is 13.0. The molecular weight excluding hydrogens is 548 g/mol. The number of hydrogen-bond acceptors (Lipinski definition) is 9. The highest BCUT2D eigenvalue weighted by Gasteiger charge is 2.23. The third kappa shape index (κ3) is 6.56. The molecule has 0 aliphatic carbocycles. The van der Waals surface area contributed by atoms with Gasteiger partial charge >= 0.3 is 0 Å². The van der Waals surface area contributed by atoms with Crippen LogP contribution in [0.3, 0.4) is 0 Å². The number of benzene rings is 1. The first kappa shape index (κ1) is 27.9. The maximum atomic E-state index is 13.0. The Morgan fingerprint density at radius 2 is 1.80 bits per heavy atom. The van der Waals surface area contributed by atoms with Gasteiger partial charge < -0.3 is 10.2 Å². The molecule has 5 rings (SSSR count). The van der Waals surface area contributed by atoms with Crippen molar-refractivity contribution in [2.75, 3.05) is 49.1 Å². The monoisotopic (exact) mass is 578 g/mol. The number of pyridine rings is 2. The first-order chi connectivity index (χ1) is 19.2. The highest BCUT2D eigenvalue weighted by atomic mass is 35.5. The molecule has 208 valence electrons. The molecule has 4 heterocycles. The molecule has 1 N–H and O–H groups in total. The van der Waals surface area contributed by atoms with Gasteiger partial charge in [0.15, 0.2) is 0 Å². The Labute approximate surface area is 239 Å². The zero-order valence-corrected chi connectivity index (χ0v) is 24.2. The molecule has 1 aliphatic rings. The molecule has 0 spiro atoms. The fourth-order valence-corrected chi connectivity index (χ4v) is 5.76. The van der Waals surface area contributed by atoms with E-state index in [1.807, 2.05) is 25.1 Å². The van der Waals surface area contributed by atoms with E-state index in [9.17, 15) is 8.42 Å². The lowest BCUT2D eigenvalue weighted by Gasteiger charge is -2.32. The molecular formula is C28H31ClN8O2S. The second-order valence-electron chi connectivity index (χ2n) is 9.84. The van der Waals surface area contributed by atoms with E-state index in [2.05, 4.69) is 42.1 Å². The van der Waals surface area contributed by atoms with Gasteiger partial charge in [0.1, 0.15) is 0 Å². The molecule has 10 nitrogen and oxygen atoms in total. The lowest BCUT2D eigenvalue weighted by atomic mass is 10.1. The third-order valence-corrected chi connectivity index (χ3v) is 8.20. The van der Waals surface area contributed by atoms with Gasteiger partial charge in [0, 0.05) is 61.9 Å². The van der Waals surface area contributed by atoms with E-state index in [1.165, 1.54) is 10.5 Å². The van der Waals surface area contributed by atoms with Crippen LogP contribution in [0.5, 0.6) is 0 Å². The largest absolute Gasteiger partial charge is 0.322 e. The standard InChI is InChI=1S/C28H31ClN8O2S/c1-20-27(34-28-31-10-8-26(33-28)21-5-4-9-30-17-21)16-24(18-32-20)37(40(3,38)39)23-7-6-22(25(29)15-23)19-36-13-11-35(2)12-14-36/h4-10,15-18H,11-14,19H2,1-3H3,(H,31,33,34). The Balaban J connectivity index is 1.42. The lowest BCUT2D eigenvalue weighted by Crippen LogP contribution is -2.43. The van der Waals surface area contributed by atoms with Crippen molar-refractivity contribution in [3.8, 4) is 11.3 Å². The summed E-state index contributed by atoms with van der Waals surface area (Å²) in [7, 11) is -1.61. The molecule has 1 saturated heterocycles. The molecule has 3 aromatic heterocycles. The zero-order valence-electron chi connectivity index (χ0n) is 22.6. The Hall–Kier alpha value is -3.64. The number of hydrogen-bond donors (Lipinski definition) is 1. The minimum atomic E-state index is -3.73. The molecule has 0 amide bonds. The van der Waals surface area contributed by atoms with Crippen molar-refractivity contribution in [2.45, 2.75) is 13.5 Å². The van der Waals surface area contributed by atoms with Gasteiger partial charge in [-0.2, -0.15) is 0 Å². The van der Waals surface area contributed by atoms with Crippen molar-refractivity contribution in [3.63, 3.8) is 0 Å². The van der Waals surface area contributed by atoms with Crippen LogP contribution in [0.2, 0.25) is 5.02 Å². The second-order valence-corrected chi connectivity index (χ2v) is 12.1. The quantitative estimate of drug-likeness (QED) is 0.324. The predicted molar refractivity (Wildman–Crippen MR) is 159 cm³/mol. The summed E-state index contributed by atoms with van der Waals surface area (Å²) in [5, 5.41) is 3.71. The summed E-state index contributed by atoms with van der Waals surface area (Å²) in [5.41, 5.74) is 4.55. The van der Waals surface area contributed by atoms with Gasteiger partial charge in [0.25, 0.3) is 0 Å². The molecule has 0 radical (unpaired) electrons. The molecule has 1 aliphatic heterocycles. The number of likely N-dealkylation sites (N-methyl/N-ethyl adjacent to an activating group) is 1. The summed E-state index contributed by atoms with van der Waals surface area (Å²) in [5.74, 6) is 0.352. The number of nitrogens with zero attached hydrogens (tertiary/aromatic N) is 7. The molecule has 0 atom stereocenters. The maximum Gasteiger partial charge on any atom is 0.236 e. The van der Waals surface area contributed by atoms with Crippen LogP contribution in [-0.4, -0.2) is 77.6 Å². The number of piperazine rings is 1. The van der Waals surface area contributed by atoms with E-state index in [0.29, 0.717) is 46.0 Å². The van der Waals surface area contributed by atoms with E-state index in [0.717, 1.165) is 43.6 Å². The molecule has 0 saturated carbocycles. The molecule has 40 heavy (non-hydrogen) atoms. The minimum Gasteiger partial charge on any atom is -0.322 e. The average molecular weight is 579 g/mol. The highest BCUT2D eigenvalue weighted by molar-refractivity contribution is 7.92. The van der Waals surface area contributed by atoms with Crippen LogP contribution in [0, 0.1) is 6.92 Å². The Bertz CT molecular complexity index is 1600. The van der Waals surface area contributed by atoms with E-state index in [1.54, 1.807) is 42.9 Å². The van der Waals surface area contributed by atoms with Gasteiger partial charge in [-0.25, -0.2) is 22.7 Å². The van der Waals surface area contributed by atoms with Crippen molar-refractivity contribution < 1.29 is 8.42 Å². The fourth-order valence-electron chi connectivity index (χ4n) is 4.54. The number of aromatic nitrogens is 4. The van der Waals surface area contributed by atoms with Crippen molar-refractivity contribution >= 4 is 44.6 Å². The van der Waals surface area contributed by atoms with Gasteiger partial charge in [0.2, 0.25) is 16.0 Å². The third-order valence-electron chi connectivity index (χ3n) is 6.76. The summed E-state index contributed by atoms with van der Waals surface area (Å²) in [6.45, 7) is 6.48. The van der Waals surface area contributed by atoms with E-state index >= 15 is 0 Å². The van der Waals surface area contributed by atoms with Crippen LogP contribution in [0.25, 0.3) is 11.3 Å². The molecule has 4 aromatic rings. The van der Waals surface area contributed by atoms with Gasteiger partial charge in [-0.3, -0.25) is 14.9 Å². The molecule has 1 aromatic carbocycles. The number of aryl methyl sites for hydroxylation is 1. The summed E-state index contributed by atoms with van der Waals surface area (Å²) < 4.78 is 27.3. The van der Waals surface area contributed by atoms with E-state index in [-0.39, 0.29) is 0 Å². The molecule has 0 bridgehead atoms. The van der Waals surface area contributed by atoms with Crippen LogP contribution in [0.1, 0.15) is 11.3 Å². The number of halogens is 1. The minimum absolute atomic E-state index is 0.352. The summed E-state index contributed by atoms with van der Waals surface area (Å²) >= 11 is 6.68. The SMILES string of the molecule is Cc1ncc(N(c2ccc(CN3CCN(C)CC3)c(Cl)c2)S(C)(=O)=O)cc1Nc1nccc(-c2cccnc2)n1. The highest BCUT2D eigenvalue weighted by Crippen LogP contribution is 2.34. The summed E-state index contributed by atoms with van der Waals surface area (Å²) in [6.07, 6.45) is 7.77. The number of anilines is 4. The Morgan fingerprint density at radius 1 is 1.00 bits per heavy atom. The first-order valence-corrected chi connectivity index (χ1v) is 15.1. The number of nitrogens with one attached hydrogen (secondary N) is 1. The summed E-state index contributed by atoms with van der Waals surface area (Å²) in [6, 6.07) is 12.6. The predicted octanol–water partition coefficient (Wildman–Crippen LogP) is 4.48. The van der Waals surface area contributed by atoms with Crippen LogP contribution < -0.4 is 9.62 Å². The number of sulfonamides is 1. The van der Waals surface area contributed by atoms with E-state index < -0.39 is 10.0 Å². The van der Waals surface area contributed by atoms with Crippen molar-refractivity contribution in [1.82, 2.24) is 29.7 Å². The van der Waals surface area contributed by atoms with Gasteiger partial charge in [-0.15, -0.1) is 0 Å². The Morgan fingerprint density at radius 3 is 2.50 bits per heavy atom. The molecule has 12 heteroatoms. The van der Waals surface area contributed by atoms with Gasteiger partial charge in [-0.1, -0.05) is 17.7 Å². The van der Waals surface area contributed by atoms with Crippen LogP contribution in [0.15, 0.2) is 67.3 Å². The fraction of sp³-hybridized carbons (Fsp3) is 0.286. The lowest BCUT2D eigenvalue weighted by molar-refractivity contribution is 0.148. The topological polar surface area (TPSA) is 107 Å². The van der Waals surface area contributed by atoms with Crippen molar-refractivity contribution in [1.29, 1.82) is 0 Å². The molecule has 0 unspecified atom stereocenters. The van der Waals surface area contributed by atoms with Crippen LogP contribution >= 0.6 is 11.6 Å². The number of rotatable bonds is 8. The second kappa shape index (κ2) is 11.8. The average Bonchev–Trinajstić information content (AvgIpc) is 2.93. The summed E-state index contributed by atoms with van der Waals surface area (Å²) in [4.78, 5) is 22.2. The molecule has 1 fully saturated rings. The Kier molecular flexibility index (Phi) is 8.27. The normalized spacial score (nSPS) is 14.7. The van der Waals surface area contributed by atoms with Crippen molar-refractivity contribution in [3.05, 3.63) is 83.5 Å².